The Morgan fingerprint density at radius 2 is 2.08 bits per heavy atom. The summed E-state index contributed by atoms with van der Waals surface area (Å²) in [5, 5.41) is 0. The van der Waals surface area contributed by atoms with Crippen molar-refractivity contribution in [3.05, 3.63) is 23.3 Å². The van der Waals surface area contributed by atoms with Crippen LogP contribution in [0.15, 0.2) is 6.20 Å². The molecule has 3 aliphatic rings. The van der Waals surface area contributed by atoms with E-state index in [4.69, 9.17) is 9.72 Å². The molecule has 2 amide bonds. The topological polar surface area (TPSA) is 75.6 Å². The van der Waals surface area contributed by atoms with Gasteiger partial charge in [0, 0.05) is 51.3 Å². The van der Waals surface area contributed by atoms with Crippen LogP contribution in [0.25, 0.3) is 0 Å². The quantitative estimate of drug-likeness (QED) is 0.803. The van der Waals surface area contributed by atoms with Crippen molar-refractivity contribution < 1.29 is 14.3 Å². The van der Waals surface area contributed by atoms with Crippen LogP contribution < -0.4 is 0 Å². The summed E-state index contributed by atoms with van der Waals surface area (Å²) in [5.41, 5.74) is 2.03. The van der Waals surface area contributed by atoms with Gasteiger partial charge in [0.2, 0.25) is 5.91 Å². The first-order valence-corrected chi connectivity index (χ1v) is 9.66. The highest BCUT2D eigenvalue weighted by Crippen LogP contribution is 2.32. The zero-order valence-corrected chi connectivity index (χ0v) is 15.3. The van der Waals surface area contributed by atoms with Crippen LogP contribution in [0, 0.1) is 0 Å². The molecule has 0 aromatic carbocycles. The van der Waals surface area contributed by atoms with E-state index in [0.29, 0.717) is 19.7 Å². The van der Waals surface area contributed by atoms with Crippen LogP contribution in [0.2, 0.25) is 0 Å². The fraction of sp³-hybridized carbons (Fsp3) is 0.684. The summed E-state index contributed by atoms with van der Waals surface area (Å²) in [5.74, 6) is 0.915. The van der Waals surface area contributed by atoms with Crippen molar-refractivity contribution >= 4 is 11.8 Å². The predicted octanol–water partition coefficient (Wildman–Crippen LogP) is 1.61. The van der Waals surface area contributed by atoms with E-state index in [0.717, 1.165) is 62.2 Å². The van der Waals surface area contributed by atoms with Gasteiger partial charge < -0.3 is 14.5 Å². The molecule has 2 unspecified atom stereocenters. The summed E-state index contributed by atoms with van der Waals surface area (Å²) in [4.78, 5) is 37.6. The van der Waals surface area contributed by atoms with E-state index in [2.05, 4.69) is 4.98 Å². The minimum Gasteiger partial charge on any atom is -0.368 e. The van der Waals surface area contributed by atoms with Gasteiger partial charge in [0.05, 0.1) is 11.7 Å². The minimum absolute atomic E-state index is 0.0517. The van der Waals surface area contributed by atoms with Crippen LogP contribution in [-0.2, 0) is 27.3 Å². The molecule has 26 heavy (non-hydrogen) atoms. The zero-order chi connectivity index (χ0) is 18.1. The molecule has 4 rings (SSSR count). The average molecular weight is 358 g/mol. The number of amides is 2. The van der Waals surface area contributed by atoms with Gasteiger partial charge in [0.15, 0.2) is 5.82 Å². The average Bonchev–Trinajstić information content (AvgIpc) is 3.17. The first-order valence-electron chi connectivity index (χ1n) is 9.66. The number of nitrogens with zero attached hydrogens (tertiary/aromatic N) is 4. The molecule has 3 aliphatic heterocycles. The molecule has 2 fully saturated rings. The number of rotatable bonds is 2. The van der Waals surface area contributed by atoms with Crippen LogP contribution in [0.5, 0.6) is 0 Å². The maximum absolute atomic E-state index is 12.9. The van der Waals surface area contributed by atoms with Crippen LogP contribution in [-0.4, -0.2) is 57.4 Å². The Hall–Kier alpha value is -2.02. The van der Waals surface area contributed by atoms with E-state index in [9.17, 15) is 9.59 Å². The molecule has 7 heteroatoms. The number of fused-ring (bicyclic) bond motifs is 1. The van der Waals surface area contributed by atoms with Gasteiger partial charge in [-0.3, -0.25) is 9.59 Å². The Kier molecular flexibility index (Phi) is 4.89. The van der Waals surface area contributed by atoms with Crippen molar-refractivity contribution in [1.29, 1.82) is 0 Å². The summed E-state index contributed by atoms with van der Waals surface area (Å²) in [6, 6.07) is -0.0517. The molecular formula is C19H26N4O3. The van der Waals surface area contributed by atoms with E-state index in [1.165, 1.54) is 0 Å². The highest BCUT2D eigenvalue weighted by atomic mass is 16.5. The lowest BCUT2D eigenvalue weighted by Crippen LogP contribution is -2.42. The Labute approximate surface area is 153 Å². The molecule has 140 valence electrons. The van der Waals surface area contributed by atoms with Gasteiger partial charge in [0.25, 0.3) is 5.91 Å². The number of hydrogen-bond acceptors (Lipinski definition) is 5. The second kappa shape index (κ2) is 7.31. The maximum Gasteiger partial charge on any atom is 0.252 e. The van der Waals surface area contributed by atoms with E-state index < -0.39 is 0 Å². The smallest absolute Gasteiger partial charge is 0.252 e. The SMILES string of the molecule is CC(=O)N1CCc2nc(C3CCCN3C(=O)C3CCCCO3)ncc2C1. The van der Waals surface area contributed by atoms with Gasteiger partial charge in [-0.15, -0.1) is 0 Å². The molecule has 2 atom stereocenters. The number of ether oxygens (including phenoxy) is 1. The van der Waals surface area contributed by atoms with Crippen molar-refractivity contribution in [2.24, 2.45) is 0 Å². The normalized spacial score (nSPS) is 25.9. The monoisotopic (exact) mass is 358 g/mol. The maximum atomic E-state index is 12.9. The van der Waals surface area contributed by atoms with Gasteiger partial charge in [-0.25, -0.2) is 9.97 Å². The van der Waals surface area contributed by atoms with E-state index in [-0.39, 0.29) is 24.0 Å². The fourth-order valence-corrected chi connectivity index (χ4v) is 4.18. The Bertz CT molecular complexity index is 702. The largest absolute Gasteiger partial charge is 0.368 e. The summed E-state index contributed by atoms with van der Waals surface area (Å²) in [6.45, 7) is 4.30. The van der Waals surface area contributed by atoms with Crippen molar-refractivity contribution in [3.63, 3.8) is 0 Å². The minimum atomic E-state index is -0.300. The molecule has 4 heterocycles. The van der Waals surface area contributed by atoms with Crippen LogP contribution in [0.4, 0.5) is 0 Å². The number of carbonyl (C=O) groups excluding carboxylic acids is 2. The van der Waals surface area contributed by atoms with Gasteiger partial charge >= 0.3 is 0 Å². The number of aromatic nitrogens is 2. The number of hydrogen-bond donors (Lipinski definition) is 0. The third kappa shape index (κ3) is 3.32. The fourth-order valence-electron chi connectivity index (χ4n) is 4.18. The molecule has 0 spiro atoms. The van der Waals surface area contributed by atoms with Crippen molar-refractivity contribution in [3.8, 4) is 0 Å². The Morgan fingerprint density at radius 3 is 2.85 bits per heavy atom. The van der Waals surface area contributed by atoms with Gasteiger partial charge in [0.1, 0.15) is 6.10 Å². The van der Waals surface area contributed by atoms with E-state index >= 15 is 0 Å². The molecular weight excluding hydrogens is 332 g/mol. The molecule has 0 N–H and O–H groups in total. The standard InChI is InChI=1S/C19H26N4O3/c1-13(24)22-9-7-15-14(12-22)11-20-18(21-15)16-5-4-8-23(16)19(25)17-6-2-3-10-26-17/h11,16-17H,2-10,12H2,1H3. The Morgan fingerprint density at radius 1 is 1.19 bits per heavy atom. The second-order valence-electron chi connectivity index (χ2n) is 7.44. The summed E-state index contributed by atoms with van der Waals surface area (Å²) in [7, 11) is 0. The van der Waals surface area contributed by atoms with Crippen molar-refractivity contribution in [2.45, 2.75) is 64.1 Å². The Balaban J connectivity index is 1.51. The molecule has 1 aromatic rings. The summed E-state index contributed by atoms with van der Waals surface area (Å²) < 4.78 is 5.69. The molecule has 1 aromatic heterocycles. The lowest BCUT2D eigenvalue weighted by Gasteiger charge is -2.31. The lowest BCUT2D eigenvalue weighted by atomic mass is 10.1. The van der Waals surface area contributed by atoms with E-state index in [1.807, 2.05) is 16.0 Å². The highest BCUT2D eigenvalue weighted by Gasteiger charge is 2.37. The lowest BCUT2D eigenvalue weighted by molar-refractivity contribution is -0.147. The van der Waals surface area contributed by atoms with Crippen molar-refractivity contribution in [2.75, 3.05) is 19.7 Å². The van der Waals surface area contributed by atoms with Gasteiger partial charge in [-0.05, 0) is 32.1 Å². The van der Waals surface area contributed by atoms with Crippen molar-refractivity contribution in [1.82, 2.24) is 19.8 Å². The predicted molar refractivity (Wildman–Crippen MR) is 94.1 cm³/mol. The van der Waals surface area contributed by atoms with Gasteiger partial charge in [-0.2, -0.15) is 0 Å². The molecule has 0 saturated carbocycles. The van der Waals surface area contributed by atoms with Crippen LogP contribution in [0.3, 0.4) is 0 Å². The number of likely N-dealkylation sites (tertiary alicyclic amines) is 1. The molecule has 7 nitrogen and oxygen atoms in total. The van der Waals surface area contributed by atoms with Gasteiger partial charge in [-0.1, -0.05) is 0 Å². The third-order valence-electron chi connectivity index (χ3n) is 5.69. The molecule has 0 aliphatic carbocycles. The first-order chi connectivity index (χ1) is 12.6. The molecule has 0 radical (unpaired) electrons. The first kappa shape index (κ1) is 17.4. The summed E-state index contributed by atoms with van der Waals surface area (Å²) in [6.07, 6.45) is 7.06. The number of carbonyl (C=O) groups is 2. The third-order valence-corrected chi connectivity index (χ3v) is 5.69. The molecule has 0 bridgehead atoms. The second-order valence-corrected chi connectivity index (χ2v) is 7.44. The zero-order valence-electron chi connectivity index (χ0n) is 15.3. The van der Waals surface area contributed by atoms with Crippen LogP contribution in [0.1, 0.15) is 62.2 Å². The van der Waals surface area contributed by atoms with Crippen LogP contribution >= 0.6 is 0 Å². The highest BCUT2D eigenvalue weighted by molar-refractivity contribution is 5.81. The summed E-state index contributed by atoms with van der Waals surface area (Å²) >= 11 is 0. The van der Waals surface area contributed by atoms with E-state index in [1.54, 1.807) is 6.92 Å². The molecule has 2 saturated heterocycles.